The molecule has 1 aromatic heterocycles. The van der Waals surface area contributed by atoms with Crippen LogP contribution in [0.15, 0.2) is 53.1 Å². The maximum Gasteiger partial charge on any atom is 0.231 e. The summed E-state index contributed by atoms with van der Waals surface area (Å²) in [5, 5.41) is 5.59. The van der Waals surface area contributed by atoms with Crippen molar-refractivity contribution in [2.45, 2.75) is 18.9 Å². The molecule has 8 heteroatoms. The standard InChI is InChI=1S/C27H23ClN2O5/c1-30-10-9-17-12-23-26(34-14-33-23)27(32-2)24(17)21(30)13-22(31)16-5-8-20-19(11-16)25(35-29-20)15-3-6-18(28)7-4-15/h3-8,11-12,21H,9-10,13-14H2,1-2H3/t21-/m1/s1. The van der Waals surface area contributed by atoms with Gasteiger partial charge in [0.1, 0.15) is 5.52 Å². The maximum atomic E-state index is 13.6. The van der Waals surface area contributed by atoms with Crippen LogP contribution < -0.4 is 14.2 Å². The molecular formula is C27H23ClN2O5. The predicted octanol–water partition coefficient (Wildman–Crippen LogP) is 5.69. The van der Waals surface area contributed by atoms with Gasteiger partial charge in [-0.15, -0.1) is 0 Å². The lowest BCUT2D eigenvalue weighted by Crippen LogP contribution is -2.34. The molecule has 35 heavy (non-hydrogen) atoms. The molecule has 0 amide bonds. The number of halogens is 1. The highest BCUT2D eigenvalue weighted by atomic mass is 35.5. The summed E-state index contributed by atoms with van der Waals surface area (Å²) in [6, 6.07) is 14.7. The SMILES string of the molecule is COc1c2c(cc3c1[C@@H](CC(=O)c1ccc4noc(-c5ccc(Cl)cc5)c4c1)N(C)CC3)OCO2. The van der Waals surface area contributed by atoms with Crippen molar-refractivity contribution in [3.8, 4) is 28.6 Å². The molecule has 0 spiro atoms. The minimum Gasteiger partial charge on any atom is -0.492 e. The Hall–Kier alpha value is -3.55. The highest BCUT2D eigenvalue weighted by molar-refractivity contribution is 6.30. The number of carbonyl (C=O) groups is 1. The first-order valence-corrected chi connectivity index (χ1v) is 11.8. The molecule has 0 fully saturated rings. The zero-order valence-electron chi connectivity index (χ0n) is 19.3. The Labute approximate surface area is 207 Å². The number of nitrogens with zero attached hydrogens (tertiary/aromatic N) is 2. The van der Waals surface area contributed by atoms with Gasteiger partial charge in [-0.2, -0.15) is 0 Å². The van der Waals surface area contributed by atoms with Crippen LogP contribution in [0.25, 0.3) is 22.2 Å². The van der Waals surface area contributed by atoms with E-state index in [9.17, 15) is 4.79 Å². The van der Waals surface area contributed by atoms with E-state index in [-0.39, 0.29) is 18.6 Å². The van der Waals surface area contributed by atoms with Gasteiger partial charge in [0.05, 0.1) is 12.5 Å². The molecule has 178 valence electrons. The van der Waals surface area contributed by atoms with Crippen molar-refractivity contribution in [3.63, 3.8) is 0 Å². The third kappa shape index (κ3) is 3.72. The predicted molar refractivity (Wildman–Crippen MR) is 132 cm³/mol. The molecule has 0 saturated heterocycles. The smallest absolute Gasteiger partial charge is 0.231 e. The molecule has 0 aliphatic carbocycles. The number of likely N-dealkylation sites (N-methyl/N-ethyl adjacent to an activating group) is 1. The van der Waals surface area contributed by atoms with Crippen molar-refractivity contribution < 1.29 is 23.5 Å². The Kier molecular flexibility index (Phi) is 5.39. The average Bonchev–Trinajstić information content (AvgIpc) is 3.51. The number of benzene rings is 3. The van der Waals surface area contributed by atoms with Crippen molar-refractivity contribution in [3.05, 3.63) is 70.2 Å². The normalized spacial score (nSPS) is 16.9. The van der Waals surface area contributed by atoms with Gasteiger partial charge in [-0.1, -0.05) is 16.8 Å². The Morgan fingerprint density at radius 2 is 2.00 bits per heavy atom. The Morgan fingerprint density at radius 3 is 2.80 bits per heavy atom. The van der Waals surface area contributed by atoms with E-state index in [1.807, 2.05) is 37.4 Å². The number of hydrogen-bond acceptors (Lipinski definition) is 7. The van der Waals surface area contributed by atoms with Crippen molar-refractivity contribution in [1.82, 2.24) is 10.1 Å². The summed E-state index contributed by atoms with van der Waals surface area (Å²) in [7, 11) is 3.66. The van der Waals surface area contributed by atoms with Crippen molar-refractivity contribution >= 4 is 28.3 Å². The number of hydrogen-bond donors (Lipinski definition) is 0. The molecule has 0 N–H and O–H groups in total. The highest BCUT2D eigenvalue weighted by Gasteiger charge is 2.35. The summed E-state index contributed by atoms with van der Waals surface area (Å²) in [6.45, 7) is 1.00. The number of ether oxygens (including phenoxy) is 3. The number of methoxy groups -OCH3 is 1. The zero-order chi connectivity index (χ0) is 24.1. The Balaban J connectivity index is 1.36. The fourth-order valence-electron chi connectivity index (χ4n) is 5.00. The largest absolute Gasteiger partial charge is 0.492 e. The van der Waals surface area contributed by atoms with Crippen LogP contribution >= 0.6 is 11.6 Å². The second-order valence-corrected chi connectivity index (χ2v) is 9.28. The second-order valence-electron chi connectivity index (χ2n) is 8.84. The van der Waals surface area contributed by atoms with E-state index in [0.29, 0.717) is 45.5 Å². The molecule has 6 rings (SSSR count). The first-order valence-electron chi connectivity index (χ1n) is 11.4. The fraction of sp³-hybridized carbons (Fsp3) is 0.259. The lowest BCUT2D eigenvalue weighted by atomic mass is 9.87. The summed E-state index contributed by atoms with van der Waals surface area (Å²) in [5.41, 5.74) is 4.27. The molecule has 0 radical (unpaired) electrons. The molecular weight excluding hydrogens is 468 g/mol. The molecule has 0 unspecified atom stereocenters. The number of aromatic nitrogens is 1. The van der Waals surface area contributed by atoms with Gasteiger partial charge in [0.25, 0.3) is 0 Å². The summed E-state index contributed by atoms with van der Waals surface area (Å²) in [4.78, 5) is 15.8. The maximum absolute atomic E-state index is 13.6. The Bertz CT molecular complexity index is 1450. The topological polar surface area (TPSA) is 74.0 Å². The third-order valence-electron chi connectivity index (χ3n) is 6.83. The molecule has 3 heterocycles. The monoisotopic (exact) mass is 490 g/mol. The number of fused-ring (bicyclic) bond motifs is 3. The average molecular weight is 491 g/mol. The number of carbonyl (C=O) groups excluding carboxylic acids is 1. The van der Waals surface area contributed by atoms with Crippen LogP contribution in [0, 0.1) is 0 Å². The lowest BCUT2D eigenvalue weighted by Gasteiger charge is -2.35. The van der Waals surface area contributed by atoms with Crippen LogP contribution in [-0.2, 0) is 6.42 Å². The first-order chi connectivity index (χ1) is 17.0. The van der Waals surface area contributed by atoms with Crippen molar-refractivity contribution in [1.29, 1.82) is 0 Å². The van der Waals surface area contributed by atoms with Gasteiger partial charge in [-0.05, 0) is 67.6 Å². The summed E-state index contributed by atoms with van der Waals surface area (Å²) in [5.74, 6) is 2.60. The summed E-state index contributed by atoms with van der Waals surface area (Å²) < 4.78 is 22.7. The lowest BCUT2D eigenvalue weighted by molar-refractivity contribution is 0.0925. The quantitative estimate of drug-likeness (QED) is 0.333. The van der Waals surface area contributed by atoms with E-state index < -0.39 is 0 Å². The molecule has 0 saturated carbocycles. The van der Waals surface area contributed by atoms with E-state index >= 15 is 0 Å². The second kappa shape index (κ2) is 8.59. The van der Waals surface area contributed by atoms with Crippen molar-refractivity contribution in [2.24, 2.45) is 0 Å². The summed E-state index contributed by atoms with van der Waals surface area (Å²) in [6.07, 6.45) is 1.15. The zero-order valence-corrected chi connectivity index (χ0v) is 20.1. The molecule has 2 aliphatic heterocycles. The van der Waals surface area contributed by atoms with Crippen LogP contribution in [-0.4, -0.2) is 43.3 Å². The third-order valence-corrected chi connectivity index (χ3v) is 7.08. The van der Waals surface area contributed by atoms with E-state index in [1.165, 1.54) is 0 Å². The van der Waals surface area contributed by atoms with Gasteiger partial charge in [0.2, 0.25) is 12.5 Å². The van der Waals surface area contributed by atoms with Gasteiger partial charge in [0.15, 0.2) is 23.0 Å². The first kappa shape index (κ1) is 21.9. The molecule has 4 aromatic rings. The van der Waals surface area contributed by atoms with Crippen LogP contribution in [0.5, 0.6) is 17.2 Å². The van der Waals surface area contributed by atoms with E-state index in [0.717, 1.165) is 35.0 Å². The van der Waals surface area contributed by atoms with Gasteiger partial charge in [0, 0.05) is 40.7 Å². The molecule has 2 aliphatic rings. The highest BCUT2D eigenvalue weighted by Crippen LogP contribution is 2.50. The van der Waals surface area contributed by atoms with Gasteiger partial charge >= 0.3 is 0 Å². The van der Waals surface area contributed by atoms with Gasteiger partial charge in [-0.3, -0.25) is 9.69 Å². The van der Waals surface area contributed by atoms with Gasteiger partial charge in [-0.25, -0.2) is 0 Å². The van der Waals surface area contributed by atoms with Crippen molar-refractivity contribution in [2.75, 3.05) is 27.5 Å². The van der Waals surface area contributed by atoms with Crippen LogP contribution in [0.2, 0.25) is 5.02 Å². The van der Waals surface area contributed by atoms with E-state index in [2.05, 4.69) is 10.1 Å². The molecule has 0 bridgehead atoms. The fourth-order valence-corrected chi connectivity index (χ4v) is 5.13. The number of Topliss-reactive ketones (excluding diaryl/α,β-unsaturated/α-hetero) is 1. The van der Waals surface area contributed by atoms with E-state index in [1.54, 1.807) is 25.3 Å². The van der Waals surface area contributed by atoms with Gasteiger partial charge < -0.3 is 18.7 Å². The molecule has 1 atom stereocenters. The minimum absolute atomic E-state index is 0.0274. The summed E-state index contributed by atoms with van der Waals surface area (Å²) >= 11 is 6.03. The molecule has 3 aromatic carbocycles. The molecule has 7 nitrogen and oxygen atoms in total. The minimum atomic E-state index is -0.149. The van der Waals surface area contributed by atoms with Crippen LogP contribution in [0.4, 0.5) is 0 Å². The van der Waals surface area contributed by atoms with Crippen LogP contribution in [0.1, 0.15) is 33.9 Å². The number of ketones is 1. The Morgan fingerprint density at radius 1 is 1.17 bits per heavy atom. The van der Waals surface area contributed by atoms with E-state index in [4.69, 9.17) is 30.3 Å². The van der Waals surface area contributed by atoms with Crippen LogP contribution in [0.3, 0.4) is 0 Å². The number of rotatable bonds is 5.